The summed E-state index contributed by atoms with van der Waals surface area (Å²) in [6.45, 7) is 12.2. The Hall–Kier alpha value is -3.58. The number of aromatic nitrogens is 1. The molecule has 0 bridgehead atoms. The number of anilines is 1. The van der Waals surface area contributed by atoms with E-state index in [1.54, 1.807) is 6.08 Å². The Labute approximate surface area is 178 Å². The molecule has 4 nitrogen and oxygen atoms in total. The van der Waals surface area contributed by atoms with E-state index in [2.05, 4.69) is 48.0 Å². The average molecular weight is 398 g/mol. The predicted octanol–water partition coefficient (Wildman–Crippen LogP) is 5.87. The van der Waals surface area contributed by atoms with Crippen molar-refractivity contribution in [3.63, 3.8) is 0 Å². The molecule has 3 rings (SSSR count). The third-order valence-corrected chi connectivity index (χ3v) is 5.51. The number of carbonyl (C=O) groups excluding carboxylic acids is 1. The van der Waals surface area contributed by atoms with E-state index >= 15 is 0 Å². The number of hydrogen-bond acceptors (Lipinski definition) is 2. The van der Waals surface area contributed by atoms with Gasteiger partial charge in [0.15, 0.2) is 0 Å². The SMILES string of the molecule is Cc1ccc(NC(=O)/C(C#N)=C/c2cc(C)n(-c3ccc(C)c(C)c3)c2C)c(C)c1. The van der Waals surface area contributed by atoms with Gasteiger partial charge >= 0.3 is 0 Å². The van der Waals surface area contributed by atoms with Crippen molar-refractivity contribution in [3.05, 3.63) is 87.2 Å². The number of nitriles is 1. The highest BCUT2D eigenvalue weighted by Crippen LogP contribution is 2.25. The van der Waals surface area contributed by atoms with E-state index in [0.717, 1.165) is 33.8 Å². The standard InChI is InChI=1S/C26H27N3O/c1-16-7-10-25(19(4)11-16)28-26(30)23(15-27)14-22-13-20(5)29(21(22)6)24-9-8-17(2)18(3)12-24/h7-14H,1-6H3,(H,28,30)/b23-14+. The Morgan fingerprint density at radius 3 is 2.30 bits per heavy atom. The molecule has 0 aliphatic carbocycles. The van der Waals surface area contributed by atoms with Gasteiger partial charge in [0.2, 0.25) is 0 Å². The smallest absolute Gasteiger partial charge is 0.266 e. The van der Waals surface area contributed by atoms with Crippen molar-refractivity contribution in [1.82, 2.24) is 4.57 Å². The quantitative estimate of drug-likeness (QED) is 0.442. The molecule has 1 amide bonds. The van der Waals surface area contributed by atoms with Crippen molar-refractivity contribution < 1.29 is 4.79 Å². The number of carbonyl (C=O) groups is 1. The minimum Gasteiger partial charge on any atom is -0.321 e. The van der Waals surface area contributed by atoms with E-state index in [4.69, 9.17) is 0 Å². The van der Waals surface area contributed by atoms with Gasteiger partial charge in [-0.2, -0.15) is 5.26 Å². The van der Waals surface area contributed by atoms with Gasteiger partial charge in [0, 0.05) is 22.8 Å². The van der Waals surface area contributed by atoms with Crippen LogP contribution in [0.1, 0.15) is 39.2 Å². The van der Waals surface area contributed by atoms with E-state index < -0.39 is 5.91 Å². The van der Waals surface area contributed by atoms with E-state index in [1.165, 1.54) is 11.1 Å². The molecule has 4 heteroatoms. The lowest BCUT2D eigenvalue weighted by molar-refractivity contribution is -0.112. The molecular weight excluding hydrogens is 370 g/mol. The lowest BCUT2D eigenvalue weighted by atomic mass is 10.1. The fourth-order valence-corrected chi connectivity index (χ4v) is 3.64. The first kappa shape index (κ1) is 21.1. The van der Waals surface area contributed by atoms with Crippen LogP contribution in [0.3, 0.4) is 0 Å². The maximum Gasteiger partial charge on any atom is 0.266 e. The van der Waals surface area contributed by atoms with Crippen molar-refractivity contribution in [1.29, 1.82) is 5.26 Å². The predicted molar refractivity (Wildman–Crippen MR) is 123 cm³/mol. The Bertz CT molecular complexity index is 1210. The fraction of sp³-hybridized carbons (Fsp3) is 0.231. The number of amides is 1. The van der Waals surface area contributed by atoms with E-state index in [1.807, 2.05) is 52.0 Å². The molecule has 0 aliphatic rings. The summed E-state index contributed by atoms with van der Waals surface area (Å²) in [6, 6.07) is 16.2. The van der Waals surface area contributed by atoms with Gasteiger partial charge in [-0.15, -0.1) is 0 Å². The Morgan fingerprint density at radius 1 is 0.933 bits per heavy atom. The largest absolute Gasteiger partial charge is 0.321 e. The minimum atomic E-state index is -0.402. The summed E-state index contributed by atoms with van der Waals surface area (Å²) in [5.74, 6) is -0.402. The normalized spacial score (nSPS) is 11.3. The van der Waals surface area contributed by atoms with E-state index in [-0.39, 0.29) is 5.57 Å². The second kappa shape index (κ2) is 8.42. The molecular formula is C26H27N3O. The van der Waals surface area contributed by atoms with Gasteiger partial charge < -0.3 is 9.88 Å². The van der Waals surface area contributed by atoms with Crippen molar-refractivity contribution in [2.24, 2.45) is 0 Å². The topological polar surface area (TPSA) is 57.8 Å². The number of rotatable bonds is 4. The molecule has 1 aromatic heterocycles. The van der Waals surface area contributed by atoms with Crippen LogP contribution in [-0.2, 0) is 4.79 Å². The minimum absolute atomic E-state index is 0.0790. The third-order valence-electron chi connectivity index (χ3n) is 5.51. The zero-order valence-corrected chi connectivity index (χ0v) is 18.4. The third kappa shape index (κ3) is 4.21. The molecule has 3 aromatic rings. The molecule has 0 radical (unpaired) electrons. The lowest BCUT2D eigenvalue weighted by Gasteiger charge is -2.12. The molecule has 0 saturated carbocycles. The number of hydrogen-bond donors (Lipinski definition) is 1. The Morgan fingerprint density at radius 2 is 1.67 bits per heavy atom. The second-order valence-corrected chi connectivity index (χ2v) is 7.87. The molecule has 0 spiro atoms. The highest BCUT2D eigenvalue weighted by Gasteiger charge is 2.15. The Kier molecular flexibility index (Phi) is 5.94. The summed E-state index contributed by atoms with van der Waals surface area (Å²) >= 11 is 0. The van der Waals surface area contributed by atoms with Gasteiger partial charge in [0.25, 0.3) is 5.91 Å². The molecule has 1 heterocycles. The molecule has 0 aliphatic heterocycles. The molecule has 0 saturated heterocycles. The first-order chi connectivity index (χ1) is 14.2. The van der Waals surface area contributed by atoms with Gasteiger partial charge in [-0.25, -0.2) is 0 Å². The molecule has 0 fully saturated rings. The second-order valence-electron chi connectivity index (χ2n) is 7.87. The van der Waals surface area contributed by atoms with Gasteiger partial charge in [-0.05, 0) is 94.1 Å². The molecule has 152 valence electrons. The first-order valence-corrected chi connectivity index (χ1v) is 9.98. The highest BCUT2D eigenvalue weighted by atomic mass is 16.1. The zero-order valence-electron chi connectivity index (χ0n) is 18.4. The monoisotopic (exact) mass is 397 g/mol. The zero-order chi connectivity index (χ0) is 22.0. The lowest BCUT2D eigenvalue weighted by Crippen LogP contribution is -2.14. The number of benzene rings is 2. The number of aryl methyl sites for hydroxylation is 5. The van der Waals surface area contributed by atoms with Crippen LogP contribution < -0.4 is 5.32 Å². The average Bonchev–Trinajstić information content (AvgIpc) is 2.97. The summed E-state index contributed by atoms with van der Waals surface area (Å²) in [5, 5.41) is 12.5. The Balaban J connectivity index is 1.95. The summed E-state index contributed by atoms with van der Waals surface area (Å²) < 4.78 is 2.15. The van der Waals surface area contributed by atoms with Crippen molar-refractivity contribution >= 4 is 17.7 Å². The van der Waals surface area contributed by atoms with Gasteiger partial charge in [0.1, 0.15) is 11.6 Å². The van der Waals surface area contributed by atoms with Gasteiger partial charge in [-0.1, -0.05) is 23.8 Å². The molecule has 0 atom stereocenters. The summed E-state index contributed by atoms with van der Waals surface area (Å²) in [6.07, 6.45) is 1.67. The summed E-state index contributed by atoms with van der Waals surface area (Å²) in [4.78, 5) is 12.7. The van der Waals surface area contributed by atoms with Crippen LogP contribution in [0.25, 0.3) is 11.8 Å². The van der Waals surface area contributed by atoms with Crippen molar-refractivity contribution in [2.45, 2.75) is 41.5 Å². The fourth-order valence-electron chi connectivity index (χ4n) is 3.64. The molecule has 0 unspecified atom stereocenters. The van der Waals surface area contributed by atoms with Crippen LogP contribution >= 0.6 is 0 Å². The highest BCUT2D eigenvalue weighted by molar-refractivity contribution is 6.10. The van der Waals surface area contributed by atoms with Crippen LogP contribution in [0.2, 0.25) is 0 Å². The summed E-state index contributed by atoms with van der Waals surface area (Å²) in [5.41, 5.74) is 9.33. The van der Waals surface area contributed by atoms with E-state index in [0.29, 0.717) is 5.69 Å². The van der Waals surface area contributed by atoms with Crippen LogP contribution in [0.15, 0.2) is 48.0 Å². The number of nitrogens with zero attached hydrogens (tertiary/aromatic N) is 2. The van der Waals surface area contributed by atoms with Crippen LogP contribution in [0.4, 0.5) is 5.69 Å². The van der Waals surface area contributed by atoms with E-state index in [9.17, 15) is 10.1 Å². The maximum absolute atomic E-state index is 12.7. The van der Waals surface area contributed by atoms with Gasteiger partial charge in [-0.3, -0.25) is 4.79 Å². The first-order valence-electron chi connectivity index (χ1n) is 9.98. The van der Waals surface area contributed by atoms with Crippen LogP contribution in [0, 0.1) is 52.9 Å². The summed E-state index contributed by atoms with van der Waals surface area (Å²) in [7, 11) is 0. The van der Waals surface area contributed by atoms with Crippen LogP contribution in [-0.4, -0.2) is 10.5 Å². The molecule has 1 N–H and O–H groups in total. The molecule has 30 heavy (non-hydrogen) atoms. The van der Waals surface area contributed by atoms with Crippen molar-refractivity contribution in [3.8, 4) is 11.8 Å². The van der Waals surface area contributed by atoms with Crippen molar-refractivity contribution in [2.75, 3.05) is 5.32 Å². The van der Waals surface area contributed by atoms with Gasteiger partial charge in [0.05, 0.1) is 0 Å². The van der Waals surface area contributed by atoms with Crippen LogP contribution in [0.5, 0.6) is 0 Å². The molecule has 2 aromatic carbocycles. The number of nitrogens with one attached hydrogen (secondary N) is 1. The maximum atomic E-state index is 12.7.